The number of carbonyl (C=O) groups is 2. The van der Waals surface area contributed by atoms with Gasteiger partial charge in [0.25, 0.3) is 11.8 Å². The molecular formula is C30H25FN2O2. The van der Waals surface area contributed by atoms with Gasteiger partial charge in [-0.15, -0.1) is 0 Å². The molecule has 0 unspecified atom stereocenters. The molecule has 5 rings (SSSR count). The molecule has 35 heavy (non-hydrogen) atoms. The first-order chi connectivity index (χ1) is 17.0. The van der Waals surface area contributed by atoms with Gasteiger partial charge in [-0.25, -0.2) is 4.39 Å². The molecule has 1 N–H and O–H groups in total. The fourth-order valence-electron chi connectivity index (χ4n) is 4.64. The largest absolute Gasteiger partial charge is 0.322 e. The summed E-state index contributed by atoms with van der Waals surface area (Å²) in [5.74, 6) is -0.628. The molecule has 1 aliphatic heterocycles. The number of hydrogen-bond donors (Lipinski definition) is 1. The summed E-state index contributed by atoms with van der Waals surface area (Å²) in [5, 5.41) is 2.92. The molecule has 0 saturated carbocycles. The van der Waals surface area contributed by atoms with Crippen LogP contribution in [0.25, 0.3) is 11.1 Å². The number of para-hydroxylation sites is 1. The Morgan fingerprint density at radius 3 is 2.40 bits per heavy atom. The Balaban J connectivity index is 1.35. The van der Waals surface area contributed by atoms with Crippen molar-refractivity contribution in [2.45, 2.75) is 19.8 Å². The Labute approximate surface area is 204 Å². The van der Waals surface area contributed by atoms with Crippen molar-refractivity contribution in [2.24, 2.45) is 0 Å². The van der Waals surface area contributed by atoms with E-state index in [0.29, 0.717) is 23.4 Å². The Kier molecular flexibility index (Phi) is 6.15. The lowest BCUT2D eigenvalue weighted by Crippen LogP contribution is -2.35. The molecule has 0 atom stereocenters. The first kappa shape index (κ1) is 22.5. The van der Waals surface area contributed by atoms with Gasteiger partial charge in [-0.05, 0) is 90.6 Å². The summed E-state index contributed by atoms with van der Waals surface area (Å²) in [7, 11) is 0. The molecule has 0 aromatic heterocycles. The number of rotatable bonds is 4. The van der Waals surface area contributed by atoms with Crippen LogP contribution < -0.4 is 10.2 Å². The standard InChI is InChI=1S/C30H25FN2O2/c1-20-19-23(31)14-17-25(20)26-9-3-4-10-27(26)29(34)32-24-15-12-22(13-16-24)30(35)33-18-6-8-21-7-2-5-11-28(21)33/h2-5,7,9-17,19H,6,8,18H2,1H3,(H,32,34). The highest BCUT2D eigenvalue weighted by Gasteiger charge is 2.23. The molecule has 5 heteroatoms. The zero-order valence-corrected chi connectivity index (χ0v) is 19.4. The molecule has 2 amide bonds. The maximum absolute atomic E-state index is 13.6. The van der Waals surface area contributed by atoms with Crippen LogP contribution >= 0.6 is 0 Å². The van der Waals surface area contributed by atoms with Gasteiger partial charge in [0.05, 0.1) is 0 Å². The van der Waals surface area contributed by atoms with Gasteiger partial charge in [-0.1, -0.05) is 42.5 Å². The minimum Gasteiger partial charge on any atom is -0.322 e. The predicted octanol–water partition coefficient (Wildman–Crippen LogP) is 6.65. The second kappa shape index (κ2) is 9.55. The Bertz CT molecular complexity index is 1410. The van der Waals surface area contributed by atoms with Crippen LogP contribution in [0, 0.1) is 12.7 Å². The number of halogens is 1. The summed E-state index contributed by atoms with van der Waals surface area (Å²) >= 11 is 0. The smallest absolute Gasteiger partial charge is 0.258 e. The quantitative estimate of drug-likeness (QED) is 0.368. The molecule has 0 saturated heterocycles. The first-order valence-electron chi connectivity index (χ1n) is 11.7. The molecule has 4 nitrogen and oxygen atoms in total. The summed E-state index contributed by atoms with van der Waals surface area (Å²) in [4.78, 5) is 28.1. The van der Waals surface area contributed by atoms with Gasteiger partial charge in [0, 0.05) is 29.0 Å². The minimum atomic E-state index is -0.309. The van der Waals surface area contributed by atoms with E-state index >= 15 is 0 Å². The molecule has 0 fully saturated rings. The third kappa shape index (κ3) is 4.58. The van der Waals surface area contributed by atoms with Crippen molar-refractivity contribution in [1.82, 2.24) is 0 Å². The average molecular weight is 465 g/mol. The SMILES string of the molecule is Cc1cc(F)ccc1-c1ccccc1C(=O)Nc1ccc(C(=O)N2CCCc3ccccc32)cc1. The third-order valence-corrected chi connectivity index (χ3v) is 6.40. The molecule has 0 bridgehead atoms. The normalized spacial score (nSPS) is 12.7. The molecule has 174 valence electrons. The highest BCUT2D eigenvalue weighted by atomic mass is 19.1. The fraction of sp³-hybridized carbons (Fsp3) is 0.133. The van der Waals surface area contributed by atoms with Gasteiger partial charge in [0.2, 0.25) is 0 Å². The maximum Gasteiger partial charge on any atom is 0.258 e. The van der Waals surface area contributed by atoms with Crippen molar-refractivity contribution >= 4 is 23.2 Å². The molecule has 4 aromatic rings. The second-order valence-electron chi connectivity index (χ2n) is 8.73. The highest BCUT2D eigenvalue weighted by Crippen LogP contribution is 2.30. The number of benzene rings is 4. The summed E-state index contributed by atoms with van der Waals surface area (Å²) in [6.07, 6.45) is 1.91. The van der Waals surface area contributed by atoms with Crippen LogP contribution in [0.15, 0.2) is 91.0 Å². The van der Waals surface area contributed by atoms with E-state index in [4.69, 9.17) is 0 Å². The monoisotopic (exact) mass is 464 g/mol. The molecule has 0 radical (unpaired) electrons. The maximum atomic E-state index is 13.6. The van der Waals surface area contributed by atoms with Crippen molar-refractivity contribution in [1.29, 1.82) is 0 Å². The van der Waals surface area contributed by atoms with Crippen molar-refractivity contribution in [2.75, 3.05) is 16.8 Å². The number of nitrogens with zero attached hydrogens (tertiary/aromatic N) is 1. The van der Waals surface area contributed by atoms with E-state index < -0.39 is 0 Å². The molecule has 1 heterocycles. The van der Waals surface area contributed by atoms with Gasteiger partial charge < -0.3 is 10.2 Å². The summed E-state index contributed by atoms with van der Waals surface area (Å²) < 4.78 is 13.6. The van der Waals surface area contributed by atoms with E-state index in [1.165, 1.54) is 17.7 Å². The fourth-order valence-corrected chi connectivity index (χ4v) is 4.64. The summed E-state index contributed by atoms with van der Waals surface area (Å²) in [5.41, 5.74) is 6.11. The van der Waals surface area contributed by atoms with E-state index in [0.717, 1.165) is 35.2 Å². The van der Waals surface area contributed by atoms with Crippen molar-refractivity contribution in [3.63, 3.8) is 0 Å². The number of anilines is 2. The second-order valence-corrected chi connectivity index (χ2v) is 8.73. The lowest BCUT2D eigenvalue weighted by Gasteiger charge is -2.29. The average Bonchev–Trinajstić information content (AvgIpc) is 2.88. The van der Waals surface area contributed by atoms with Crippen LogP contribution in [0.5, 0.6) is 0 Å². The Morgan fingerprint density at radius 2 is 1.60 bits per heavy atom. The molecule has 0 aliphatic carbocycles. The van der Waals surface area contributed by atoms with Gasteiger partial charge in [-0.3, -0.25) is 9.59 Å². The molecule has 0 spiro atoms. The van der Waals surface area contributed by atoms with E-state index in [1.54, 1.807) is 42.5 Å². The zero-order chi connectivity index (χ0) is 24.4. The first-order valence-corrected chi connectivity index (χ1v) is 11.7. The van der Waals surface area contributed by atoms with E-state index in [9.17, 15) is 14.0 Å². The number of amides is 2. The van der Waals surface area contributed by atoms with Gasteiger partial charge in [-0.2, -0.15) is 0 Å². The van der Waals surface area contributed by atoms with E-state index in [-0.39, 0.29) is 17.6 Å². The van der Waals surface area contributed by atoms with Crippen LogP contribution in [-0.2, 0) is 6.42 Å². The molecular weight excluding hydrogens is 439 g/mol. The Morgan fingerprint density at radius 1 is 0.857 bits per heavy atom. The number of hydrogen-bond acceptors (Lipinski definition) is 2. The van der Waals surface area contributed by atoms with Crippen LogP contribution in [0.1, 0.15) is 38.3 Å². The molecule has 1 aliphatic rings. The zero-order valence-electron chi connectivity index (χ0n) is 19.4. The van der Waals surface area contributed by atoms with Crippen LogP contribution in [-0.4, -0.2) is 18.4 Å². The Hall–Kier alpha value is -4.25. The van der Waals surface area contributed by atoms with Crippen LogP contribution in [0.2, 0.25) is 0 Å². The van der Waals surface area contributed by atoms with Crippen LogP contribution in [0.4, 0.5) is 15.8 Å². The number of carbonyl (C=O) groups excluding carboxylic acids is 2. The number of aryl methyl sites for hydroxylation is 2. The summed E-state index contributed by atoms with van der Waals surface area (Å²) in [6, 6.07) is 26.8. The highest BCUT2D eigenvalue weighted by molar-refractivity contribution is 6.10. The number of fused-ring (bicyclic) bond motifs is 1. The van der Waals surface area contributed by atoms with Crippen molar-refractivity contribution in [3.05, 3.63) is 119 Å². The third-order valence-electron chi connectivity index (χ3n) is 6.40. The predicted molar refractivity (Wildman–Crippen MR) is 137 cm³/mol. The lowest BCUT2D eigenvalue weighted by molar-refractivity contribution is 0.0984. The van der Waals surface area contributed by atoms with E-state index in [1.807, 2.05) is 42.2 Å². The van der Waals surface area contributed by atoms with Gasteiger partial charge >= 0.3 is 0 Å². The van der Waals surface area contributed by atoms with Gasteiger partial charge in [0.15, 0.2) is 0 Å². The van der Waals surface area contributed by atoms with Crippen molar-refractivity contribution < 1.29 is 14.0 Å². The van der Waals surface area contributed by atoms with E-state index in [2.05, 4.69) is 11.4 Å². The number of nitrogens with one attached hydrogen (secondary N) is 1. The van der Waals surface area contributed by atoms with Crippen LogP contribution in [0.3, 0.4) is 0 Å². The van der Waals surface area contributed by atoms with Gasteiger partial charge in [0.1, 0.15) is 5.82 Å². The summed E-state index contributed by atoms with van der Waals surface area (Å²) in [6.45, 7) is 2.51. The minimum absolute atomic E-state index is 0.0489. The topological polar surface area (TPSA) is 49.4 Å². The molecule has 4 aromatic carbocycles. The van der Waals surface area contributed by atoms with Crippen molar-refractivity contribution in [3.8, 4) is 11.1 Å². The lowest BCUT2D eigenvalue weighted by atomic mass is 9.95.